The van der Waals surface area contributed by atoms with Crippen LogP contribution in [0.2, 0.25) is 0 Å². The van der Waals surface area contributed by atoms with Crippen LogP contribution in [0.1, 0.15) is 33.9 Å². The van der Waals surface area contributed by atoms with Crippen LogP contribution in [-0.2, 0) is 22.4 Å². The van der Waals surface area contributed by atoms with Crippen LogP contribution in [0.25, 0.3) is 0 Å². The lowest BCUT2D eigenvalue weighted by atomic mass is 9.82. The van der Waals surface area contributed by atoms with E-state index < -0.39 is 24.7 Å². The van der Waals surface area contributed by atoms with E-state index in [0.29, 0.717) is 62.3 Å². The van der Waals surface area contributed by atoms with Crippen LogP contribution >= 0.6 is 0 Å². The van der Waals surface area contributed by atoms with Crippen LogP contribution in [0.15, 0.2) is 6.07 Å². The van der Waals surface area contributed by atoms with Crippen molar-refractivity contribution in [3.05, 3.63) is 33.9 Å². The van der Waals surface area contributed by atoms with Gasteiger partial charge in [0.1, 0.15) is 23.6 Å². The predicted octanol–water partition coefficient (Wildman–Crippen LogP) is 1.88. The third-order valence-electron chi connectivity index (χ3n) is 7.64. The van der Waals surface area contributed by atoms with E-state index in [9.17, 15) is 14.7 Å². The van der Waals surface area contributed by atoms with Gasteiger partial charge in [-0.3, -0.25) is 9.59 Å². The Labute approximate surface area is 227 Å². The van der Waals surface area contributed by atoms with Crippen molar-refractivity contribution in [2.75, 3.05) is 49.3 Å². The fourth-order valence-corrected chi connectivity index (χ4v) is 6.04. The number of piperazine rings is 1. The van der Waals surface area contributed by atoms with E-state index in [-0.39, 0.29) is 24.7 Å². The summed E-state index contributed by atoms with van der Waals surface area (Å²) < 4.78 is 33.7. The summed E-state index contributed by atoms with van der Waals surface area (Å²) >= 11 is 0. The van der Waals surface area contributed by atoms with Crippen LogP contribution < -0.4 is 33.7 Å². The molecule has 39 heavy (non-hydrogen) atoms. The van der Waals surface area contributed by atoms with E-state index >= 15 is 0 Å². The van der Waals surface area contributed by atoms with Crippen LogP contribution in [0.3, 0.4) is 0 Å². The molecule has 0 spiro atoms. The number of amides is 2. The quantitative estimate of drug-likeness (QED) is 0.487. The molecule has 0 aliphatic carbocycles. The lowest BCUT2D eigenvalue weighted by Crippen LogP contribution is -2.66. The van der Waals surface area contributed by atoms with Crippen LogP contribution in [0, 0.1) is 13.8 Å². The first-order chi connectivity index (χ1) is 18.7. The molecule has 3 atom stereocenters. The van der Waals surface area contributed by atoms with Gasteiger partial charge in [0.15, 0.2) is 23.0 Å². The lowest BCUT2D eigenvalue weighted by Gasteiger charge is -2.47. The minimum absolute atomic E-state index is 0.140. The molecule has 212 valence electrons. The third-order valence-corrected chi connectivity index (χ3v) is 7.64. The van der Waals surface area contributed by atoms with Crippen molar-refractivity contribution in [3.8, 4) is 34.5 Å². The SMILES string of the molecule is COc1cc(C[C@H]2NC(=O)[C@@H]3Cc4c(OC)c(C)c(OC)c(OC)c4[C@@H](CO)N3C2=O)c(OC)c(C)c1OC. The molecule has 2 aliphatic heterocycles. The van der Waals surface area contributed by atoms with Crippen LogP contribution in [-0.4, -0.2) is 83.2 Å². The van der Waals surface area contributed by atoms with Crippen molar-refractivity contribution >= 4 is 11.8 Å². The number of hydrogen-bond donors (Lipinski definition) is 2. The van der Waals surface area contributed by atoms with Gasteiger partial charge in [0.05, 0.1) is 55.3 Å². The van der Waals surface area contributed by atoms with Gasteiger partial charge in [-0.25, -0.2) is 0 Å². The molecule has 11 heteroatoms. The molecule has 0 saturated carbocycles. The zero-order chi connectivity index (χ0) is 28.6. The van der Waals surface area contributed by atoms with E-state index in [1.165, 1.54) is 47.6 Å². The Morgan fingerprint density at radius 3 is 1.97 bits per heavy atom. The molecule has 2 aliphatic rings. The Bertz CT molecular complexity index is 1290. The molecule has 4 rings (SSSR count). The summed E-state index contributed by atoms with van der Waals surface area (Å²) in [5, 5.41) is 13.5. The Morgan fingerprint density at radius 2 is 1.44 bits per heavy atom. The molecule has 1 fully saturated rings. The molecule has 11 nitrogen and oxygen atoms in total. The lowest BCUT2D eigenvalue weighted by molar-refractivity contribution is -0.154. The molecule has 1 saturated heterocycles. The molecule has 0 aromatic heterocycles. The van der Waals surface area contributed by atoms with Crippen molar-refractivity contribution in [1.82, 2.24) is 10.2 Å². The van der Waals surface area contributed by atoms with Crippen molar-refractivity contribution in [3.63, 3.8) is 0 Å². The Balaban J connectivity index is 1.81. The highest BCUT2D eigenvalue weighted by molar-refractivity contribution is 5.98. The van der Waals surface area contributed by atoms with Gasteiger partial charge in [-0.15, -0.1) is 0 Å². The van der Waals surface area contributed by atoms with Gasteiger partial charge in [-0.1, -0.05) is 0 Å². The van der Waals surface area contributed by atoms with Gasteiger partial charge >= 0.3 is 0 Å². The largest absolute Gasteiger partial charge is 0.496 e. The molecule has 0 unspecified atom stereocenters. The maximum atomic E-state index is 14.0. The standard InChI is InChI=1S/C28H36N2O9/c1-13-22(35-4)15(10-20(34-3)24(13)37-6)9-17-28(33)30-18(27(32)29-17)11-16-21(19(30)12-31)26(39-8)25(38-7)14(2)23(16)36-5/h10,17-19,31H,9,11-12H2,1-8H3,(H,29,32)/t17-,18+,19-/m1/s1. The number of nitrogens with one attached hydrogen (secondary N) is 1. The van der Waals surface area contributed by atoms with Crippen LogP contribution in [0.5, 0.6) is 34.5 Å². The monoisotopic (exact) mass is 544 g/mol. The predicted molar refractivity (Wildman–Crippen MR) is 141 cm³/mol. The van der Waals surface area contributed by atoms with Crippen molar-refractivity contribution in [2.45, 2.75) is 44.8 Å². The number of carbonyl (C=O) groups is 2. The number of carbonyl (C=O) groups excluding carboxylic acids is 2. The second-order valence-corrected chi connectivity index (χ2v) is 9.48. The summed E-state index contributed by atoms with van der Waals surface area (Å²) in [6.07, 6.45) is 0.333. The number of ether oxygens (including phenoxy) is 6. The van der Waals surface area contributed by atoms with E-state index in [4.69, 9.17) is 28.4 Å². The Morgan fingerprint density at radius 1 is 0.846 bits per heavy atom. The number of aliphatic hydroxyl groups is 1. The van der Waals surface area contributed by atoms with Crippen molar-refractivity contribution in [1.29, 1.82) is 0 Å². The second kappa shape index (κ2) is 11.1. The minimum Gasteiger partial charge on any atom is -0.496 e. The van der Waals surface area contributed by atoms with E-state index in [2.05, 4.69) is 5.32 Å². The Kier molecular flexibility index (Phi) is 8.01. The molecule has 2 heterocycles. The number of rotatable bonds is 9. The third kappa shape index (κ3) is 4.34. The highest BCUT2D eigenvalue weighted by Crippen LogP contribution is 2.51. The maximum absolute atomic E-state index is 14.0. The zero-order valence-electron chi connectivity index (χ0n) is 23.6. The summed E-state index contributed by atoms with van der Waals surface area (Å²) in [6.45, 7) is 3.24. The fraction of sp³-hybridized carbons (Fsp3) is 0.500. The first kappa shape index (κ1) is 28.2. The van der Waals surface area contributed by atoms with Gasteiger partial charge in [-0.2, -0.15) is 0 Å². The van der Waals surface area contributed by atoms with Gasteiger partial charge < -0.3 is 43.7 Å². The Hall–Kier alpha value is -3.86. The number of aliphatic hydroxyl groups excluding tert-OH is 1. The number of nitrogens with zero attached hydrogens (tertiary/aromatic N) is 1. The second-order valence-electron chi connectivity index (χ2n) is 9.48. The average Bonchev–Trinajstić information content (AvgIpc) is 2.93. The normalized spacial score (nSPS) is 20.0. The van der Waals surface area contributed by atoms with E-state index in [1.807, 2.05) is 13.8 Å². The summed E-state index contributed by atoms with van der Waals surface area (Å²) in [4.78, 5) is 29.0. The molecule has 2 aromatic rings. The number of benzene rings is 2. The average molecular weight is 545 g/mol. The highest BCUT2D eigenvalue weighted by Gasteiger charge is 2.50. The summed E-state index contributed by atoms with van der Waals surface area (Å²) in [5.41, 5.74) is 3.35. The fourth-order valence-electron chi connectivity index (χ4n) is 6.04. The molecule has 2 N–H and O–H groups in total. The first-order valence-corrected chi connectivity index (χ1v) is 12.6. The molecule has 0 bridgehead atoms. The van der Waals surface area contributed by atoms with Crippen LogP contribution in [0.4, 0.5) is 0 Å². The summed E-state index contributed by atoms with van der Waals surface area (Å²) in [6, 6.07) is -0.853. The minimum atomic E-state index is -0.906. The first-order valence-electron chi connectivity index (χ1n) is 12.6. The number of methoxy groups -OCH3 is 6. The molecule has 0 radical (unpaired) electrons. The van der Waals surface area contributed by atoms with Gasteiger partial charge in [0.2, 0.25) is 11.8 Å². The van der Waals surface area contributed by atoms with Crippen molar-refractivity contribution in [2.24, 2.45) is 0 Å². The molecule has 2 amide bonds. The van der Waals surface area contributed by atoms with E-state index in [0.717, 1.165) is 0 Å². The van der Waals surface area contributed by atoms with Gasteiger partial charge in [0, 0.05) is 40.7 Å². The molecular formula is C28H36N2O9. The smallest absolute Gasteiger partial charge is 0.246 e. The topological polar surface area (TPSA) is 125 Å². The number of hydrogen-bond acceptors (Lipinski definition) is 9. The summed E-state index contributed by atoms with van der Waals surface area (Å²) in [5.74, 6) is 2.26. The van der Waals surface area contributed by atoms with Crippen molar-refractivity contribution < 1.29 is 43.1 Å². The summed E-state index contributed by atoms with van der Waals surface area (Å²) in [7, 11) is 9.16. The van der Waals surface area contributed by atoms with E-state index in [1.54, 1.807) is 6.07 Å². The molecule has 2 aromatic carbocycles. The van der Waals surface area contributed by atoms with Gasteiger partial charge in [-0.05, 0) is 19.9 Å². The highest BCUT2D eigenvalue weighted by atomic mass is 16.5. The number of fused-ring (bicyclic) bond motifs is 2. The van der Waals surface area contributed by atoms with Gasteiger partial charge in [0.25, 0.3) is 0 Å². The molecular weight excluding hydrogens is 508 g/mol. The zero-order valence-corrected chi connectivity index (χ0v) is 23.6. The maximum Gasteiger partial charge on any atom is 0.246 e.